The summed E-state index contributed by atoms with van der Waals surface area (Å²) in [5.74, 6) is 1.00. The second-order valence-corrected chi connectivity index (χ2v) is 4.43. The van der Waals surface area contributed by atoms with E-state index in [-0.39, 0.29) is 0 Å². The summed E-state index contributed by atoms with van der Waals surface area (Å²) in [6.45, 7) is 8.22. The van der Waals surface area contributed by atoms with Crippen LogP contribution in [0.4, 0.5) is 5.69 Å². The molecule has 0 radical (unpaired) electrons. The molecular formula is C12H17NS. The Morgan fingerprint density at radius 3 is 2.79 bits per heavy atom. The molecular weight excluding hydrogens is 190 g/mol. The lowest BCUT2D eigenvalue weighted by atomic mass is 10.2. The largest absolute Gasteiger partial charge is 0.399 e. The molecule has 1 rings (SSSR count). The van der Waals surface area contributed by atoms with E-state index < -0.39 is 0 Å². The zero-order chi connectivity index (χ0) is 10.6. The van der Waals surface area contributed by atoms with Crippen molar-refractivity contribution in [3.05, 3.63) is 35.9 Å². The molecule has 0 aliphatic carbocycles. The fraction of sp³-hybridized carbons (Fsp3) is 0.333. The lowest BCUT2D eigenvalue weighted by Crippen LogP contribution is -1.89. The number of hydrogen-bond acceptors (Lipinski definition) is 2. The van der Waals surface area contributed by atoms with Crippen molar-refractivity contribution >= 4 is 17.4 Å². The number of aryl methyl sites for hydroxylation is 1. The van der Waals surface area contributed by atoms with Crippen molar-refractivity contribution < 1.29 is 0 Å². The van der Waals surface area contributed by atoms with Gasteiger partial charge in [0.25, 0.3) is 0 Å². The Hall–Kier alpha value is -0.890. The van der Waals surface area contributed by atoms with E-state index in [9.17, 15) is 0 Å². The van der Waals surface area contributed by atoms with Crippen LogP contribution in [0.3, 0.4) is 0 Å². The first-order valence-electron chi connectivity index (χ1n) is 4.79. The summed E-state index contributed by atoms with van der Waals surface area (Å²) in [6.07, 6.45) is 1.06. The van der Waals surface area contributed by atoms with Crippen LogP contribution in [-0.2, 0) is 0 Å². The topological polar surface area (TPSA) is 26.0 Å². The smallest absolute Gasteiger partial charge is 0.0317 e. The Bertz CT molecular complexity index is 331. The van der Waals surface area contributed by atoms with Crippen molar-refractivity contribution in [2.75, 3.05) is 11.5 Å². The molecule has 0 spiro atoms. The maximum absolute atomic E-state index is 5.68. The highest BCUT2D eigenvalue weighted by atomic mass is 32.2. The van der Waals surface area contributed by atoms with Crippen LogP contribution < -0.4 is 5.73 Å². The maximum Gasteiger partial charge on any atom is 0.0317 e. The summed E-state index contributed by atoms with van der Waals surface area (Å²) in [7, 11) is 0. The zero-order valence-electron chi connectivity index (χ0n) is 8.84. The molecule has 0 unspecified atom stereocenters. The lowest BCUT2D eigenvalue weighted by Gasteiger charge is -2.06. The van der Waals surface area contributed by atoms with Crippen molar-refractivity contribution in [3.63, 3.8) is 0 Å². The second-order valence-electron chi connectivity index (χ2n) is 3.42. The highest BCUT2D eigenvalue weighted by Crippen LogP contribution is 2.25. The minimum atomic E-state index is 0.834. The van der Waals surface area contributed by atoms with Crippen LogP contribution >= 0.6 is 11.8 Å². The van der Waals surface area contributed by atoms with E-state index in [1.165, 1.54) is 16.0 Å². The second kappa shape index (κ2) is 5.11. The Morgan fingerprint density at radius 2 is 2.21 bits per heavy atom. The van der Waals surface area contributed by atoms with E-state index in [0.717, 1.165) is 17.9 Å². The third kappa shape index (κ3) is 3.11. The zero-order valence-corrected chi connectivity index (χ0v) is 9.66. The minimum absolute atomic E-state index is 0.834. The number of nitrogens with two attached hydrogens (primary N) is 1. The van der Waals surface area contributed by atoms with E-state index in [0.29, 0.717) is 0 Å². The summed E-state index contributed by atoms with van der Waals surface area (Å²) in [4.78, 5) is 1.30. The Kier molecular flexibility index (Phi) is 4.08. The summed E-state index contributed by atoms with van der Waals surface area (Å²) >= 11 is 1.83. The summed E-state index contributed by atoms with van der Waals surface area (Å²) in [6, 6.07) is 6.04. The van der Waals surface area contributed by atoms with Gasteiger partial charge in [-0.1, -0.05) is 19.1 Å². The maximum atomic E-state index is 5.68. The first-order chi connectivity index (χ1) is 6.63. The molecule has 0 aromatic heterocycles. The van der Waals surface area contributed by atoms with E-state index in [2.05, 4.69) is 26.5 Å². The number of thioether (sulfide) groups is 1. The first-order valence-corrected chi connectivity index (χ1v) is 5.77. The first kappa shape index (κ1) is 11.2. The number of rotatable bonds is 4. The molecule has 0 aliphatic rings. The van der Waals surface area contributed by atoms with Crippen molar-refractivity contribution in [1.29, 1.82) is 0 Å². The predicted octanol–water partition coefficient (Wildman–Crippen LogP) is 3.64. The van der Waals surface area contributed by atoms with E-state index in [1.807, 2.05) is 23.9 Å². The van der Waals surface area contributed by atoms with Crippen LogP contribution in [0.15, 0.2) is 35.2 Å². The molecule has 76 valence electrons. The fourth-order valence-electron chi connectivity index (χ4n) is 1.12. The molecule has 0 amide bonds. The Balaban J connectivity index is 2.63. The van der Waals surface area contributed by atoms with Crippen LogP contribution in [0, 0.1) is 6.92 Å². The van der Waals surface area contributed by atoms with Gasteiger partial charge in [-0.25, -0.2) is 0 Å². The van der Waals surface area contributed by atoms with Gasteiger partial charge in [-0.2, -0.15) is 0 Å². The van der Waals surface area contributed by atoms with Crippen molar-refractivity contribution in [2.24, 2.45) is 0 Å². The van der Waals surface area contributed by atoms with Gasteiger partial charge in [0.15, 0.2) is 0 Å². The molecule has 0 saturated carbocycles. The van der Waals surface area contributed by atoms with Crippen LogP contribution in [0.5, 0.6) is 0 Å². The van der Waals surface area contributed by atoms with Crippen molar-refractivity contribution in [1.82, 2.24) is 0 Å². The quantitative estimate of drug-likeness (QED) is 0.463. The molecule has 1 aromatic carbocycles. The summed E-state index contributed by atoms with van der Waals surface area (Å²) < 4.78 is 0. The SMILES string of the molecule is C=C(CC)CSc1ccc(N)cc1C. The third-order valence-corrected chi connectivity index (χ3v) is 3.45. The molecule has 1 aromatic rings. The standard InChI is InChI=1S/C12H17NS/c1-4-9(2)8-14-12-6-5-11(13)7-10(12)3/h5-7H,2,4,8,13H2,1,3H3. The highest BCUT2D eigenvalue weighted by molar-refractivity contribution is 7.99. The fourth-order valence-corrected chi connectivity index (χ4v) is 2.13. The predicted molar refractivity (Wildman–Crippen MR) is 65.7 cm³/mol. The van der Waals surface area contributed by atoms with Gasteiger partial charge in [-0.15, -0.1) is 11.8 Å². The van der Waals surface area contributed by atoms with E-state index in [4.69, 9.17) is 5.73 Å². The molecule has 0 saturated heterocycles. The molecule has 0 fully saturated rings. The van der Waals surface area contributed by atoms with Crippen LogP contribution in [0.1, 0.15) is 18.9 Å². The number of hydrogen-bond donors (Lipinski definition) is 1. The lowest BCUT2D eigenvalue weighted by molar-refractivity contribution is 1.11. The van der Waals surface area contributed by atoms with Gasteiger partial charge >= 0.3 is 0 Å². The molecule has 2 N–H and O–H groups in total. The van der Waals surface area contributed by atoms with Crippen LogP contribution in [0.2, 0.25) is 0 Å². The molecule has 0 bridgehead atoms. The molecule has 14 heavy (non-hydrogen) atoms. The summed E-state index contributed by atoms with van der Waals surface area (Å²) in [5, 5.41) is 0. The highest BCUT2D eigenvalue weighted by Gasteiger charge is 2.00. The monoisotopic (exact) mass is 207 g/mol. The molecule has 2 heteroatoms. The van der Waals surface area contributed by atoms with Crippen LogP contribution in [-0.4, -0.2) is 5.75 Å². The Labute approximate surface area is 90.4 Å². The molecule has 1 nitrogen and oxygen atoms in total. The van der Waals surface area contributed by atoms with E-state index >= 15 is 0 Å². The van der Waals surface area contributed by atoms with Gasteiger partial charge < -0.3 is 5.73 Å². The van der Waals surface area contributed by atoms with E-state index in [1.54, 1.807) is 0 Å². The average molecular weight is 207 g/mol. The summed E-state index contributed by atoms with van der Waals surface area (Å²) in [5.41, 5.74) is 9.05. The van der Waals surface area contributed by atoms with Gasteiger partial charge in [-0.05, 0) is 37.1 Å². The molecule has 0 heterocycles. The third-order valence-electron chi connectivity index (χ3n) is 2.13. The van der Waals surface area contributed by atoms with Gasteiger partial charge in [0.2, 0.25) is 0 Å². The van der Waals surface area contributed by atoms with Gasteiger partial charge in [-0.3, -0.25) is 0 Å². The Morgan fingerprint density at radius 1 is 1.50 bits per heavy atom. The van der Waals surface area contributed by atoms with Gasteiger partial charge in [0.05, 0.1) is 0 Å². The van der Waals surface area contributed by atoms with Crippen molar-refractivity contribution in [3.8, 4) is 0 Å². The molecule has 0 atom stereocenters. The minimum Gasteiger partial charge on any atom is -0.399 e. The molecule has 0 aliphatic heterocycles. The van der Waals surface area contributed by atoms with Crippen LogP contribution in [0.25, 0.3) is 0 Å². The van der Waals surface area contributed by atoms with Gasteiger partial charge in [0, 0.05) is 16.3 Å². The van der Waals surface area contributed by atoms with Gasteiger partial charge in [0.1, 0.15) is 0 Å². The normalized spacial score (nSPS) is 10.1. The average Bonchev–Trinajstić information content (AvgIpc) is 2.16. The number of anilines is 1. The van der Waals surface area contributed by atoms with Crippen molar-refractivity contribution in [2.45, 2.75) is 25.2 Å². The number of nitrogen functional groups attached to an aromatic ring is 1. The number of benzene rings is 1.